The molecule has 0 radical (unpaired) electrons. The average Bonchev–Trinajstić information content (AvgIpc) is 2.21. The Morgan fingerprint density at radius 2 is 1.64 bits per heavy atom. The Kier molecular flexibility index (Phi) is 8.69. The van der Waals surface area contributed by atoms with Crippen LogP contribution in [0.1, 0.15) is 6.92 Å². The van der Waals surface area contributed by atoms with E-state index < -0.39 is 0 Å². The highest BCUT2D eigenvalue weighted by Crippen LogP contribution is 1.79. The summed E-state index contributed by atoms with van der Waals surface area (Å²) in [5.74, 6) is -0.365. The number of benzene rings is 1. The molecule has 0 saturated heterocycles. The largest absolute Gasteiger partial charge is 0.461 e. The highest BCUT2D eigenvalue weighted by Gasteiger charge is 1.85. The number of hydrogen-bond donors (Lipinski definition) is 0. The van der Waals surface area contributed by atoms with Crippen LogP contribution in [0.2, 0.25) is 0 Å². The number of ether oxygens (including phenoxy) is 1. The molecule has 0 unspecified atom stereocenters. The smallest absolute Gasteiger partial charge is 0.302 e. The predicted molar refractivity (Wildman–Crippen MR) is 57.3 cm³/mol. The molecule has 0 heterocycles. The van der Waals surface area contributed by atoms with Crippen molar-refractivity contribution in [2.75, 3.05) is 6.61 Å². The molecule has 3 nitrogen and oxygen atoms in total. The van der Waals surface area contributed by atoms with Gasteiger partial charge in [0, 0.05) is 12.3 Å². The molecule has 0 fully saturated rings. The predicted octanol–water partition coefficient (Wildman–Crippen LogP) is 1.25. The first-order valence-corrected chi connectivity index (χ1v) is 4.81. The van der Waals surface area contributed by atoms with E-state index in [0.717, 1.165) is 0 Å². The molecule has 0 spiro atoms. The first-order chi connectivity index (χ1) is 6.77. The summed E-state index contributed by atoms with van der Waals surface area (Å²) in [7, 11) is 0. The van der Waals surface area contributed by atoms with Crippen LogP contribution in [0.15, 0.2) is 36.4 Å². The monoisotopic (exact) mass is 212 g/mol. The van der Waals surface area contributed by atoms with E-state index in [9.17, 15) is 9.00 Å². The quantitative estimate of drug-likeness (QED) is 0.547. The summed E-state index contributed by atoms with van der Waals surface area (Å²) in [5.41, 5.74) is 0. The van der Waals surface area contributed by atoms with E-state index in [1.165, 1.54) is 12.3 Å². The van der Waals surface area contributed by atoms with E-state index in [-0.39, 0.29) is 12.6 Å². The fourth-order valence-electron chi connectivity index (χ4n) is 0.564. The topological polar surface area (TPSA) is 43.4 Å². The summed E-state index contributed by atoms with van der Waals surface area (Å²) >= 11 is 0.291. The van der Waals surface area contributed by atoms with Gasteiger partial charge in [-0.25, -0.2) is 4.21 Å². The van der Waals surface area contributed by atoms with Gasteiger partial charge in [0.25, 0.3) is 0 Å². The molecule has 1 rings (SSSR count). The Hall–Kier alpha value is -1.42. The minimum atomic E-state index is -0.365. The van der Waals surface area contributed by atoms with Crippen LogP contribution in [0.3, 0.4) is 0 Å². The maximum Gasteiger partial charge on any atom is 0.302 e. The molecular formula is C10H12O3S. The number of carbonyl (C=O) groups excluding carboxylic acids is 1. The van der Waals surface area contributed by atoms with Gasteiger partial charge in [-0.1, -0.05) is 36.4 Å². The Labute approximate surface area is 86.8 Å². The molecule has 1 aromatic rings. The third-order valence-corrected chi connectivity index (χ3v) is 1.36. The average molecular weight is 212 g/mol. The van der Waals surface area contributed by atoms with Crippen molar-refractivity contribution in [3.8, 4) is 0 Å². The normalized spacial score (nSPS) is 7.79. The minimum Gasteiger partial charge on any atom is -0.461 e. The molecule has 14 heavy (non-hydrogen) atoms. The van der Waals surface area contributed by atoms with Crippen LogP contribution in [-0.4, -0.2) is 22.2 Å². The highest BCUT2D eigenvalue weighted by atomic mass is 32.1. The van der Waals surface area contributed by atoms with E-state index >= 15 is 0 Å². The molecule has 0 amide bonds. The lowest BCUT2D eigenvalue weighted by molar-refractivity contribution is -0.139. The van der Waals surface area contributed by atoms with Gasteiger partial charge in [0.05, 0.1) is 11.3 Å². The van der Waals surface area contributed by atoms with Crippen molar-refractivity contribution < 1.29 is 13.7 Å². The Morgan fingerprint density at radius 3 is 1.93 bits per heavy atom. The SMILES string of the molecule is CC(=O)OCC=S=O.c1ccccc1. The summed E-state index contributed by atoms with van der Waals surface area (Å²) in [6, 6.07) is 12.0. The van der Waals surface area contributed by atoms with Gasteiger partial charge in [0.1, 0.15) is 6.61 Å². The van der Waals surface area contributed by atoms with Crippen LogP contribution in [0, 0.1) is 0 Å². The molecule has 0 aliphatic rings. The molecule has 0 N–H and O–H groups in total. The molecule has 4 heteroatoms. The van der Waals surface area contributed by atoms with Crippen LogP contribution in [-0.2, 0) is 20.8 Å². The second-order valence-corrected chi connectivity index (χ2v) is 2.75. The zero-order valence-corrected chi connectivity index (χ0v) is 8.70. The third kappa shape index (κ3) is 10.6. The van der Waals surface area contributed by atoms with Crippen molar-refractivity contribution in [3.63, 3.8) is 0 Å². The van der Waals surface area contributed by atoms with Crippen molar-refractivity contribution in [1.82, 2.24) is 0 Å². The highest BCUT2D eigenvalue weighted by molar-refractivity contribution is 7.64. The van der Waals surface area contributed by atoms with E-state index in [1.54, 1.807) is 0 Å². The fraction of sp³-hybridized carbons (Fsp3) is 0.200. The van der Waals surface area contributed by atoms with Crippen LogP contribution in [0.5, 0.6) is 0 Å². The second kappa shape index (κ2) is 9.67. The van der Waals surface area contributed by atoms with Crippen molar-refractivity contribution in [1.29, 1.82) is 0 Å². The van der Waals surface area contributed by atoms with Crippen molar-refractivity contribution in [3.05, 3.63) is 36.4 Å². The van der Waals surface area contributed by atoms with Gasteiger partial charge in [-0.15, -0.1) is 0 Å². The number of esters is 1. The van der Waals surface area contributed by atoms with Gasteiger partial charge in [-0.3, -0.25) is 4.79 Å². The molecule has 0 atom stereocenters. The van der Waals surface area contributed by atoms with Gasteiger partial charge in [-0.05, 0) is 0 Å². The maximum absolute atomic E-state index is 9.97. The van der Waals surface area contributed by atoms with Gasteiger partial charge in [-0.2, -0.15) is 0 Å². The molecule has 0 bridgehead atoms. The number of carbonyl (C=O) groups is 1. The zero-order chi connectivity index (χ0) is 10.6. The van der Waals surface area contributed by atoms with Crippen LogP contribution >= 0.6 is 0 Å². The summed E-state index contributed by atoms with van der Waals surface area (Å²) in [6.45, 7) is 1.40. The number of rotatable bonds is 2. The lowest BCUT2D eigenvalue weighted by Gasteiger charge is -1.90. The molecule has 0 aliphatic carbocycles. The second-order valence-electron chi connectivity index (χ2n) is 2.22. The van der Waals surface area contributed by atoms with Crippen molar-refractivity contribution in [2.45, 2.75) is 6.92 Å². The Balaban J connectivity index is 0.000000249. The van der Waals surface area contributed by atoms with Gasteiger partial charge < -0.3 is 4.74 Å². The fourth-order valence-corrected chi connectivity index (χ4v) is 0.688. The van der Waals surface area contributed by atoms with Crippen molar-refractivity contribution in [2.24, 2.45) is 0 Å². The first-order valence-electron chi connectivity index (χ1n) is 4.01. The minimum absolute atomic E-state index is 0.101. The Morgan fingerprint density at radius 1 is 1.21 bits per heavy atom. The molecule has 0 saturated carbocycles. The standard InChI is InChI=1S/C6H6.C4H6O3S/c1-2-4-6-5-3-1;1-4(5)7-2-3-8-6/h1-6H;3H,2H2,1H3. The zero-order valence-electron chi connectivity index (χ0n) is 7.88. The van der Waals surface area contributed by atoms with Gasteiger partial charge >= 0.3 is 5.97 Å². The molecular weight excluding hydrogens is 200 g/mol. The molecule has 0 aliphatic heterocycles. The lowest BCUT2D eigenvalue weighted by atomic mass is 10.4. The maximum atomic E-state index is 9.97. The molecule has 76 valence electrons. The summed E-state index contributed by atoms with van der Waals surface area (Å²) < 4.78 is 13.9. The number of hydrogen-bond acceptors (Lipinski definition) is 3. The van der Waals surface area contributed by atoms with Gasteiger partial charge in [0.2, 0.25) is 0 Å². The van der Waals surface area contributed by atoms with E-state index in [0.29, 0.717) is 11.3 Å². The van der Waals surface area contributed by atoms with Crippen LogP contribution < -0.4 is 0 Å². The third-order valence-electron chi connectivity index (χ3n) is 1.09. The summed E-state index contributed by atoms with van der Waals surface area (Å²) in [6.07, 6.45) is 0. The summed E-state index contributed by atoms with van der Waals surface area (Å²) in [4.78, 5) is 9.97. The first kappa shape index (κ1) is 12.6. The summed E-state index contributed by atoms with van der Waals surface area (Å²) in [5, 5.41) is 1.27. The van der Waals surface area contributed by atoms with E-state index in [4.69, 9.17) is 0 Å². The lowest BCUT2D eigenvalue weighted by Crippen LogP contribution is -2.00. The van der Waals surface area contributed by atoms with Crippen LogP contribution in [0.4, 0.5) is 0 Å². The molecule has 0 aromatic heterocycles. The Bertz CT molecular complexity index is 263. The van der Waals surface area contributed by atoms with Crippen LogP contribution in [0.25, 0.3) is 0 Å². The molecule has 1 aromatic carbocycles. The van der Waals surface area contributed by atoms with Gasteiger partial charge in [0.15, 0.2) is 0 Å². The van der Waals surface area contributed by atoms with E-state index in [2.05, 4.69) is 4.74 Å². The van der Waals surface area contributed by atoms with E-state index in [1.807, 2.05) is 36.4 Å². The van der Waals surface area contributed by atoms with Crippen molar-refractivity contribution >= 4 is 22.6 Å².